The van der Waals surface area contributed by atoms with Gasteiger partial charge in [0.05, 0.1) is 4.47 Å². The summed E-state index contributed by atoms with van der Waals surface area (Å²) in [6.07, 6.45) is 0. The van der Waals surface area contributed by atoms with Crippen LogP contribution in [0.15, 0.2) is 28.7 Å². The molecule has 0 aliphatic carbocycles. The number of aromatic nitrogens is 1. The number of nitrogens with zero attached hydrogens (tertiary/aromatic N) is 1. The van der Waals surface area contributed by atoms with Crippen molar-refractivity contribution >= 4 is 21.6 Å². The minimum atomic E-state index is -0.243. The topological polar surface area (TPSA) is 17.0 Å². The van der Waals surface area contributed by atoms with Crippen LogP contribution >= 0.6 is 15.9 Å². The third kappa shape index (κ3) is 2.58. The Hall–Kier alpha value is -1.29. The van der Waals surface area contributed by atoms with Gasteiger partial charge in [-0.25, -0.2) is 4.39 Å². The van der Waals surface area contributed by atoms with Gasteiger partial charge in [-0.2, -0.15) is 0 Å². The summed E-state index contributed by atoms with van der Waals surface area (Å²) < 4.78 is 15.7. The molecule has 0 fully saturated rings. The Balaban J connectivity index is 2.11. The molecule has 0 aliphatic rings. The molecule has 0 spiro atoms. The second-order valence-corrected chi connectivity index (χ2v) is 5.29. The zero-order chi connectivity index (χ0) is 13.3. The third-order valence-corrected chi connectivity index (χ3v) is 3.89. The second-order valence-electron chi connectivity index (χ2n) is 4.44. The van der Waals surface area contributed by atoms with Crippen LogP contribution in [0.25, 0.3) is 0 Å². The molecule has 0 atom stereocenters. The van der Waals surface area contributed by atoms with E-state index < -0.39 is 0 Å². The highest BCUT2D eigenvalue weighted by atomic mass is 79.9. The van der Waals surface area contributed by atoms with Gasteiger partial charge < -0.3 is 9.88 Å². The number of halogens is 2. The van der Waals surface area contributed by atoms with Gasteiger partial charge in [-0.3, -0.25) is 0 Å². The maximum Gasteiger partial charge on any atom is 0.137 e. The number of nitrogens with one attached hydrogen (secondary N) is 1. The van der Waals surface area contributed by atoms with E-state index in [1.807, 2.05) is 0 Å². The van der Waals surface area contributed by atoms with E-state index in [1.165, 1.54) is 23.0 Å². The minimum Gasteiger partial charge on any atom is -0.381 e. The van der Waals surface area contributed by atoms with Crippen LogP contribution in [0.2, 0.25) is 0 Å². The number of rotatable bonds is 3. The van der Waals surface area contributed by atoms with E-state index >= 15 is 0 Å². The maximum atomic E-state index is 13.1. The Morgan fingerprint density at radius 3 is 2.56 bits per heavy atom. The number of hydrogen-bond donors (Lipinski definition) is 1. The molecule has 0 saturated heterocycles. The Bertz CT molecular complexity index is 575. The lowest BCUT2D eigenvalue weighted by Gasteiger charge is -2.07. The summed E-state index contributed by atoms with van der Waals surface area (Å²) >= 11 is 3.18. The standard InChI is InChI=1S/C14H16BrFN2/c1-9-6-11(10(2)18(9)3)8-17-12-4-5-14(16)13(15)7-12/h4-7,17H,8H2,1-3H3. The molecule has 18 heavy (non-hydrogen) atoms. The summed E-state index contributed by atoms with van der Waals surface area (Å²) in [4.78, 5) is 0. The number of benzene rings is 1. The van der Waals surface area contributed by atoms with Gasteiger partial charge in [0, 0.05) is 30.7 Å². The first-order valence-electron chi connectivity index (χ1n) is 5.79. The van der Waals surface area contributed by atoms with Crippen molar-refractivity contribution in [2.45, 2.75) is 20.4 Å². The molecular formula is C14H16BrFN2. The van der Waals surface area contributed by atoms with Gasteiger partial charge >= 0.3 is 0 Å². The molecule has 0 radical (unpaired) electrons. The second kappa shape index (κ2) is 5.14. The maximum absolute atomic E-state index is 13.1. The van der Waals surface area contributed by atoms with E-state index in [9.17, 15) is 4.39 Å². The van der Waals surface area contributed by atoms with E-state index in [0.29, 0.717) is 4.47 Å². The van der Waals surface area contributed by atoms with Gasteiger partial charge in [0.1, 0.15) is 5.82 Å². The van der Waals surface area contributed by atoms with Crippen molar-refractivity contribution in [3.63, 3.8) is 0 Å². The van der Waals surface area contributed by atoms with Crippen LogP contribution in [-0.4, -0.2) is 4.57 Å². The van der Waals surface area contributed by atoms with Crippen LogP contribution in [0.4, 0.5) is 10.1 Å². The van der Waals surface area contributed by atoms with Crippen LogP contribution in [0, 0.1) is 19.7 Å². The van der Waals surface area contributed by atoms with Crippen molar-refractivity contribution in [1.29, 1.82) is 0 Å². The molecule has 1 N–H and O–H groups in total. The molecule has 0 bridgehead atoms. The van der Waals surface area contributed by atoms with Gasteiger partial charge in [0.25, 0.3) is 0 Å². The van der Waals surface area contributed by atoms with Crippen molar-refractivity contribution in [3.05, 3.63) is 51.5 Å². The fourth-order valence-electron chi connectivity index (χ4n) is 1.92. The smallest absolute Gasteiger partial charge is 0.137 e. The van der Waals surface area contributed by atoms with Crippen molar-refractivity contribution in [3.8, 4) is 0 Å². The van der Waals surface area contributed by atoms with Gasteiger partial charge in [-0.05, 0) is 59.6 Å². The van der Waals surface area contributed by atoms with E-state index in [4.69, 9.17) is 0 Å². The van der Waals surface area contributed by atoms with Gasteiger partial charge in [0.2, 0.25) is 0 Å². The SMILES string of the molecule is Cc1cc(CNc2ccc(F)c(Br)c2)c(C)n1C. The lowest BCUT2D eigenvalue weighted by atomic mass is 10.2. The monoisotopic (exact) mass is 310 g/mol. The predicted octanol–water partition coefficient (Wildman–Crippen LogP) is 4.16. The Labute approximate surface area is 115 Å². The summed E-state index contributed by atoms with van der Waals surface area (Å²) in [5, 5.41) is 3.30. The van der Waals surface area contributed by atoms with Crippen LogP contribution in [0.3, 0.4) is 0 Å². The predicted molar refractivity (Wildman–Crippen MR) is 76.3 cm³/mol. The fourth-order valence-corrected chi connectivity index (χ4v) is 2.29. The third-order valence-electron chi connectivity index (χ3n) is 3.28. The number of anilines is 1. The van der Waals surface area contributed by atoms with Crippen molar-refractivity contribution in [2.75, 3.05) is 5.32 Å². The Morgan fingerprint density at radius 1 is 1.28 bits per heavy atom. The zero-order valence-corrected chi connectivity index (χ0v) is 12.3. The van der Waals surface area contributed by atoms with Crippen molar-refractivity contribution < 1.29 is 4.39 Å². The quantitative estimate of drug-likeness (QED) is 0.901. The Kier molecular flexibility index (Phi) is 3.76. The molecule has 0 unspecified atom stereocenters. The van der Waals surface area contributed by atoms with E-state index in [2.05, 4.69) is 52.8 Å². The van der Waals surface area contributed by atoms with Gasteiger partial charge in [-0.15, -0.1) is 0 Å². The van der Waals surface area contributed by atoms with Gasteiger partial charge in [-0.1, -0.05) is 0 Å². The molecule has 0 aliphatic heterocycles. The average Bonchev–Trinajstić information content (AvgIpc) is 2.58. The van der Waals surface area contributed by atoms with E-state index in [-0.39, 0.29) is 5.82 Å². The molecule has 96 valence electrons. The first-order valence-corrected chi connectivity index (χ1v) is 6.59. The highest BCUT2D eigenvalue weighted by molar-refractivity contribution is 9.10. The highest BCUT2D eigenvalue weighted by Gasteiger charge is 2.06. The molecule has 2 rings (SSSR count). The average molecular weight is 311 g/mol. The number of hydrogen-bond acceptors (Lipinski definition) is 1. The van der Waals surface area contributed by atoms with Crippen LogP contribution in [0.1, 0.15) is 17.0 Å². The van der Waals surface area contributed by atoms with Gasteiger partial charge in [0.15, 0.2) is 0 Å². The lowest BCUT2D eigenvalue weighted by molar-refractivity contribution is 0.621. The summed E-state index contributed by atoms with van der Waals surface area (Å²) in [5.74, 6) is -0.243. The largest absolute Gasteiger partial charge is 0.381 e. The molecule has 1 aromatic heterocycles. The fraction of sp³-hybridized carbons (Fsp3) is 0.286. The molecule has 2 aromatic rings. The molecular weight excluding hydrogens is 295 g/mol. The molecule has 4 heteroatoms. The molecule has 1 aromatic carbocycles. The molecule has 0 saturated carbocycles. The first kappa shape index (κ1) is 13.1. The first-order chi connectivity index (χ1) is 8.49. The van der Waals surface area contributed by atoms with Crippen molar-refractivity contribution in [2.24, 2.45) is 7.05 Å². The summed E-state index contributed by atoms with van der Waals surface area (Å²) in [7, 11) is 2.06. The minimum absolute atomic E-state index is 0.243. The van der Waals surface area contributed by atoms with E-state index in [1.54, 1.807) is 12.1 Å². The van der Waals surface area contributed by atoms with Crippen LogP contribution in [0.5, 0.6) is 0 Å². The van der Waals surface area contributed by atoms with E-state index in [0.717, 1.165) is 12.2 Å². The molecule has 1 heterocycles. The molecule has 2 nitrogen and oxygen atoms in total. The molecule has 0 amide bonds. The van der Waals surface area contributed by atoms with Crippen LogP contribution < -0.4 is 5.32 Å². The highest BCUT2D eigenvalue weighted by Crippen LogP contribution is 2.21. The normalized spacial score (nSPS) is 10.7. The summed E-state index contributed by atoms with van der Waals surface area (Å²) in [6.45, 7) is 4.93. The lowest BCUT2D eigenvalue weighted by Crippen LogP contribution is -2.01. The summed E-state index contributed by atoms with van der Waals surface area (Å²) in [6, 6.07) is 7.11. The summed E-state index contributed by atoms with van der Waals surface area (Å²) in [5.41, 5.74) is 4.66. The Morgan fingerprint density at radius 2 is 2.00 bits per heavy atom. The zero-order valence-electron chi connectivity index (χ0n) is 10.7. The van der Waals surface area contributed by atoms with Crippen molar-refractivity contribution in [1.82, 2.24) is 4.57 Å². The van der Waals surface area contributed by atoms with Crippen LogP contribution in [-0.2, 0) is 13.6 Å². The number of aryl methyl sites for hydroxylation is 1.